The Morgan fingerprint density at radius 2 is 2.05 bits per heavy atom. The van der Waals surface area contributed by atoms with Gasteiger partial charge in [-0.2, -0.15) is 0 Å². The van der Waals surface area contributed by atoms with Crippen LogP contribution in [-0.2, 0) is 11.3 Å². The Balaban J connectivity index is 2.02. The van der Waals surface area contributed by atoms with E-state index < -0.39 is 0 Å². The molecule has 2 aromatic rings. The van der Waals surface area contributed by atoms with Gasteiger partial charge in [-0.3, -0.25) is 0 Å². The number of methoxy groups -OCH3 is 1. The molecule has 0 spiro atoms. The van der Waals surface area contributed by atoms with Crippen molar-refractivity contribution >= 4 is 0 Å². The van der Waals surface area contributed by atoms with Crippen LogP contribution in [0.3, 0.4) is 0 Å². The molecule has 0 radical (unpaired) electrons. The van der Waals surface area contributed by atoms with E-state index in [4.69, 9.17) is 10.5 Å². The summed E-state index contributed by atoms with van der Waals surface area (Å²) in [5.41, 5.74) is 6.83. The molecule has 1 aromatic heterocycles. The SMILES string of the molecule is COC(c1ccccc1)c1nnc(CN)n1C1CC1. The Morgan fingerprint density at radius 3 is 2.63 bits per heavy atom. The van der Waals surface area contributed by atoms with Crippen LogP contribution in [-0.4, -0.2) is 21.9 Å². The van der Waals surface area contributed by atoms with Crippen LogP contribution in [0.1, 0.15) is 42.2 Å². The van der Waals surface area contributed by atoms with Gasteiger partial charge in [-0.1, -0.05) is 30.3 Å². The largest absolute Gasteiger partial charge is 0.369 e. The molecule has 1 unspecified atom stereocenters. The molecule has 0 saturated heterocycles. The van der Waals surface area contributed by atoms with Gasteiger partial charge in [-0.25, -0.2) is 0 Å². The number of hydrogen-bond acceptors (Lipinski definition) is 4. The fraction of sp³-hybridized carbons (Fsp3) is 0.429. The molecule has 1 heterocycles. The van der Waals surface area contributed by atoms with Gasteiger partial charge in [0.15, 0.2) is 5.82 Å². The molecular weight excluding hydrogens is 240 g/mol. The van der Waals surface area contributed by atoms with E-state index in [1.807, 2.05) is 30.3 Å². The van der Waals surface area contributed by atoms with Gasteiger partial charge in [-0.05, 0) is 18.4 Å². The maximum Gasteiger partial charge on any atom is 0.167 e. The molecular formula is C14H18N4O. The molecule has 0 aliphatic heterocycles. The molecule has 1 aromatic carbocycles. The van der Waals surface area contributed by atoms with Crippen LogP contribution >= 0.6 is 0 Å². The molecule has 5 heteroatoms. The average Bonchev–Trinajstić information content (AvgIpc) is 3.21. The van der Waals surface area contributed by atoms with Crippen molar-refractivity contribution in [3.8, 4) is 0 Å². The smallest absolute Gasteiger partial charge is 0.167 e. The van der Waals surface area contributed by atoms with Gasteiger partial charge in [0.1, 0.15) is 11.9 Å². The number of ether oxygens (including phenoxy) is 1. The van der Waals surface area contributed by atoms with Crippen LogP contribution in [0.2, 0.25) is 0 Å². The van der Waals surface area contributed by atoms with E-state index in [2.05, 4.69) is 14.8 Å². The predicted octanol–water partition coefficient (Wildman–Crippen LogP) is 1.81. The number of benzene rings is 1. The lowest BCUT2D eigenvalue weighted by Gasteiger charge is -2.17. The van der Waals surface area contributed by atoms with E-state index in [1.165, 1.54) is 12.8 Å². The standard InChI is InChI=1S/C14H18N4O/c1-19-13(10-5-3-2-4-6-10)14-17-16-12(9-15)18(14)11-7-8-11/h2-6,11,13H,7-9,15H2,1H3. The first kappa shape index (κ1) is 12.3. The van der Waals surface area contributed by atoms with E-state index in [0.29, 0.717) is 12.6 Å². The number of rotatable bonds is 5. The topological polar surface area (TPSA) is 66.0 Å². The van der Waals surface area contributed by atoms with E-state index in [0.717, 1.165) is 17.2 Å². The Kier molecular flexibility index (Phi) is 3.31. The highest BCUT2D eigenvalue weighted by Crippen LogP contribution is 2.39. The fourth-order valence-corrected chi connectivity index (χ4v) is 2.40. The first-order valence-electron chi connectivity index (χ1n) is 6.56. The van der Waals surface area contributed by atoms with Crippen LogP contribution in [0, 0.1) is 0 Å². The Morgan fingerprint density at radius 1 is 1.32 bits per heavy atom. The minimum absolute atomic E-state index is 0.186. The fourth-order valence-electron chi connectivity index (χ4n) is 2.40. The highest BCUT2D eigenvalue weighted by molar-refractivity contribution is 5.24. The normalized spacial score (nSPS) is 16.5. The van der Waals surface area contributed by atoms with E-state index in [1.54, 1.807) is 7.11 Å². The average molecular weight is 258 g/mol. The van der Waals surface area contributed by atoms with Crippen LogP contribution in [0.25, 0.3) is 0 Å². The molecule has 1 aliphatic rings. The van der Waals surface area contributed by atoms with Crippen LogP contribution in [0.15, 0.2) is 30.3 Å². The third kappa shape index (κ3) is 2.27. The lowest BCUT2D eigenvalue weighted by atomic mass is 10.1. The Bertz CT molecular complexity index is 548. The molecule has 1 fully saturated rings. The van der Waals surface area contributed by atoms with Crippen molar-refractivity contribution in [1.82, 2.24) is 14.8 Å². The summed E-state index contributed by atoms with van der Waals surface area (Å²) in [4.78, 5) is 0. The molecule has 19 heavy (non-hydrogen) atoms. The van der Waals surface area contributed by atoms with Crippen LogP contribution < -0.4 is 5.73 Å². The van der Waals surface area contributed by atoms with Gasteiger partial charge in [0.05, 0.1) is 6.54 Å². The summed E-state index contributed by atoms with van der Waals surface area (Å²) in [7, 11) is 1.70. The summed E-state index contributed by atoms with van der Waals surface area (Å²) in [6.07, 6.45) is 2.15. The second-order valence-corrected chi connectivity index (χ2v) is 4.81. The van der Waals surface area contributed by atoms with Crippen molar-refractivity contribution in [3.63, 3.8) is 0 Å². The van der Waals surface area contributed by atoms with Crippen molar-refractivity contribution < 1.29 is 4.74 Å². The molecule has 1 saturated carbocycles. The summed E-state index contributed by atoms with van der Waals surface area (Å²) in [6.45, 7) is 0.411. The van der Waals surface area contributed by atoms with E-state index in [9.17, 15) is 0 Å². The third-order valence-electron chi connectivity index (χ3n) is 3.46. The number of nitrogens with zero attached hydrogens (tertiary/aromatic N) is 3. The second-order valence-electron chi connectivity index (χ2n) is 4.81. The van der Waals surface area contributed by atoms with Crippen molar-refractivity contribution in [1.29, 1.82) is 0 Å². The molecule has 0 amide bonds. The second kappa shape index (κ2) is 5.11. The maximum absolute atomic E-state index is 5.75. The molecule has 100 valence electrons. The highest BCUT2D eigenvalue weighted by atomic mass is 16.5. The predicted molar refractivity (Wildman–Crippen MR) is 71.5 cm³/mol. The number of hydrogen-bond donors (Lipinski definition) is 1. The summed E-state index contributed by atoms with van der Waals surface area (Å²) < 4.78 is 7.79. The zero-order chi connectivity index (χ0) is 13.2. The number of nitrogens with two attached hydrogens (primary N) is 1. The lowest BCUT2D eigenvalue weighted by Crippen LogP contribution is -2.14. The van der Waals surface area contributed by atoms with Gasteiger partial charge in [0, 0.05) is 13.2 Å². The van der Waals surface area contributed by atoms with Crippen LogP contribution in [0.4, 0.5) is 0 Å². The third-order valence-corrected chi connectivity index (χ3v) is 3.46. The van der Waals surface area contributed by atoms with Crippen molar-refractivity contribution in [2.24, 2.45) is 5.73 Å². The van der Waals surface area contributed by atoms with E-state index >= 15 is 0 Å². The monoisotopic (exact) mass is 258 g/mol. The molecule has 0 bridgehead atoms. The van der Waals surface area contributed by atoms with Gasteiger partial charge in [-0.15, -0.1) is 10.2 Å². The van der Waals surface area contributed by atoms with Gasteiger partial charge in [0.2, 0.25) is 0 Å². The first-order chi connectivity index (χ1) is 9.35. The zero-order valence-corrected chi connectivity index (χ0v) is 11.0. The summed E-state index contributed by atoms with van der Waals surface area (Å²) in [5, 5.41) is 8.50. The van der Waals surface area contributed by atoms with Gasteiger partial charge >= 0.3 is 0 Å². The summed E-state index contributed by atoms with van der Waals surface area (Å²) >= 11 is 0. The van der Waals surface area contributed by atoms with Crippen molar-refractivity contribution in [3.05, 3.63) is 47.5 Å². The first-order valence-corrected chi connectivity index (χ1v) is 6.56. The molecule has 1 aliphatic carbocycles. The van der Waals surface area contributed by atoms with Gasteiger partial charge in [0.25, 0.3) is 0 Å². The quantitative estimate of drug-likeness (QED) is 0.888. The Hall–Kier alpha value is -1.72. The van der Waals surface area contributed by atoms with Crippen molar-refractivity contribution in [2.45, 2.75) is 31.5 Å². The Labute approximate surface area is 112 Å². The minimum atomic E-state index is -0.186. The van der Waals surface area contributed by atoms with Crippen molar-refractivity contribution in [2.75, 3.05) is 7.11 Å². The molecule has 2 N–H and O–H groups in total. The maximum atomic E-state index is 5.75. The molecule has 3 rings (SSSR count). The summed E-state index contributed by atoms with van der Waals surface area (Å²) in [5.74, 6) is 1.70. The van der Waals surface area contributed by atoms with Crippen LogP contribution in [0.5, 0.6) is 0 Å². The highest BCUT2D eigenvalue weighted by Gasteiger charge is 2.32. The summed E-state index contributed by atoms with van der Waals surface area (Å²) in [6, 6.07) is 10.6. The van der Waals surface area contributed by atoms with E-state index in [-0.39, 0.29) is 6.10 Å². The van der Waals surface area contributed by atoms with Gasteiger partial charge < -0.3 is 15.0 Å². The minimum Gasteiger partial charge on any atom is -0.369 e. The number of aromatic nitrogens is 3. The zero-order valence-electron chi connectivity index (χ0n) is 11.0. The lowest BCUT2D eigenvalue weighted by molar-refractivity contribution is 0.125. The molecule has 1 atom stereocenters. The molecule has 5 nitrogen and oxygen atoms in total.